The maximum Gasteiger partial charge on any atom is 0.219 e. The van der Waals surface area contributed by atoms with Crippen LogP contribution in [0.2, 0.25) is 0 Å². The van der Waals surface area contributed by atoms with Gasteiger partial charge in [-0.3, -0.25) is 0 Å². The molecule has 2 rings (SSSR count). The SMILES string of the molecule is C=CCC[C@@H](CN(C)CCOC)Oc1cc(-n2cccn2)nc(C)n1. The Morgan fingerprint density at radius 1 is 1.40 bits per heavy atom. The molecular formula is C18H27N5O2. The third-order valence-corrected chi connectivity index (χ3v) is 3.71. The summed E-state index contributed by atoms with van der Waals surface area (Å²) in [7, 11) is 3.77. The molecule has 0 spiro atoms. The summed E-state index contributed by atoms with van der Waals surface area (Å²) in [6.07, 6.45) is 7.25. The van der Waals surface area contributed by atoms with E-state index < -0.39 is 0 Å². The third-order valence-electron chi connectivity index (χ3n) is 3.71. The second kappa shape index (κ2) is 9.90. The highest BCUT2D eigenvalue weighted by Crippen LogP contribution is 2.16. The fraction of sp³-hybridized carbons (Fsp3) is 0.500. The van der Waals surface area contributed by atoms with Crippen molar-refractivity contribution in [3.63, 3.8) is 0 Å². The standard InChI is InChI=1S/C18H27N5O2/c1-5-6-8-16(14-22(3)11-12-24-4)25-18-13-17(20-15(2)21-18)23-10-7-9-19-23/h5,7,9-10,13,16H,1,6,8,11-12,14H2,2-4H3/t16-/m0/s1. The van der Waals surface area contributed by atoms with Crippen molar-refractivity contribution >= 4 is 0 Å². The van der Waals surface area contributed by atoms with E-state index in [9.17, 15) is 0 Å². The maximum absolute atomic E-state index is 6.16. The summed E-state index contributed by atoms with van der Waals surface area (Å²) < 4.78 is 13.0. The number of hydrogen-bond donors (Lipinski definition) is 0. The first-order valence-electron chi connectivity index (χ1n) is 8.43. The van der Waals surface area contributed by atoms with Crippen LogP contribution < -0.4 is 4.74 Å². The summed E-state index contributed by atoms with van der Waals surface area (Å²) in [4.78, 5) is 11.0. The van der Waals surface area contributed by atoms with Crippen molar-refractivity contribution in [2.75, 3.05) is 33.9 Å². The predicted octanol–water partition coefficient (Wildman–Crippen LogP) is 2.26. The van der Waals surface area contributed by atoms with E-state index in [2.05, 4.69) is 33.6 Å². The average Bonchev–Trinajstić information content (AvgIpc) is 3.12. The van der Waals surface area contributed by atoms with Gasteiger partial charge in [-0.05, 0) is 32.9 Å². The molecular weight excluding hydrogens is 318 g/mol. The smallest absolute Gasteiger partial charge is 0.219 e. The highest BCUT2D eigenvalue weighted by molar-refractivity contribution is 5.27. The van der Waals surface area contributed by atoms with Gasteiger partial charge in [0.25, 0.3) is 0 Å². The van der Waals surface area contributed by atoms with Crippen molar-refractivity contribution in [2.45, 2.75) is 25.9 Å². The zero-order valence-electron chi connectivity index (χ0n) is 15.3. The average molecular weight is 345 g/mol. The molecule has 0 aromatic carbocycles. The second-order valence-corrected chi connectivity index (χ2v) is 5.92. The minimum Gasteiger partial charge on any atom is -0.473 e. The van der Waals surface area contributed by atoms with E-state index in [0.29, 0.717) is 24.1 Å². The third kappa shape index (κ3) is 6.28. The van der Waals surface area contributed by atoms with Crippen LogP contribution in [0, 0.1) is 6.92 Å². The molecule has 0 saturated heterocycles. The summed E-state index contributed by atoms with van der Waals surface area (Å²) in [5.41, 5.74) is 0. The minimum atomic E-state index is 0.0135. The number of methoxy groups -OCH3 is 1. The van der Waals surface area contributed by atoms with E-state index in [4.69, 9.17) is 9.47 Å². The lowest BCUT2D eigenvalue weighted by molar-refractivity contribution is 0.109. The topological polar surface area (TPSA) is 65.3 Å². The number of likely N-dealkylation sites (N-methyl/N-ethyl adjacent to an activating group) is 1. The van der Waals surface area contributed by atoms with Crippen molar-refractivity contribution < 1.29 is 9.47 Å². The Morgan fingerprint density at radius 3 is 2.92 bits per heavy atom. The maximum atomic E-state index is 6.16. The van der Waals surface area contributed by atoms with Gasteiger partial charge in [-0.15, -0.1) is 6.58 Å². The van der Waals surface area contributed by atoms with E-state index in [1.54, 1.807) is 18.0 Å². The molecule has 7 nitrogen and oxygen atoms in total. The fourth-order valence-electron chi connectivity index (χ4n) is 2.46. The summed E-state index contributed by atoms with van der Waals surface area (Å²) in [6.45, 7) is 7.99. The van der Waals surface area contributed by atoms with E-state index in [-0.39, 0.29) is 6.10 Å². The van der Waals surface area contributed by atoms with Gasteiger partial charge in [0.1, 0.15) is 11.9 Å². The molecule has 0 radical (unpaired) electrons. The van der Waals surface area contributed by atoms with E-state index in [1.165, 1.54) is 0 Å². The van der Waals surface area contributed by atoms with Crippen molar-refractivity contribution in [2.24, 2.45) is 0 Å². The number of hydrogen-bond acceptors (Lipinski definition) is 6. The van der Waals surface area contributed by atoms with Gasteiger partial charge in [-0.2, -0.15) is 10.1 Å². The van der Waals surface area contributed by atoms with E-state index in [0.717, 1.165) is 25.9 Å². The van der Waals surface area contributed by atoms with Crippen molar-refractivity contribution in [3.8, 4) is 11.7 Å². The first-order chi connectivity index (χ1) is 12.1. The molecule has 2 heterocycles. The molecule has 0 bridgehead atoms. The molecule has 0 N–H and O–H groups in total. The molecule has 0 aliphatic heterocycles. The Kier molecular flexibility index (Phi) is 7.56. The molecule has 0 fully saturated rings. The predicted molar refractivity (Wildman–Crippen MR) is 97.1 cm³/mol. The second-order valence-electron chi connectivity index (χ2n) is 5.92. The minimum absolute atomic E-state index is 0.0135. The molecule has 25 heavy (non-hydrogen) atoms. The van der Waals surface area contributed by atoms with Gasteiger partial charge in [-0.25, -0.2) is 9.67 Å². The van der Waals surface area contributed by atoms with Gasteiger partial charge in [-0.1, -0.05) is 6.08 Å². The number of nitrogens with zero attached hydrogens (tertiary/aromatic N) is 5. The van der Waals surface area contributed by atoms with Gasteiger partial charge >= 0.3 is 0 Å². The fourth-order valence-corrected chi connectivity index (χ4v) is 2.46. The normalized spacial score (nSPS) is 12.3. The molecule has 7 heteroatoms. The molecule has 2 aromatic rings. The van der Waals surface area contributed by atoms with Gasteiger partial charge in [0.2, 0.25) is 5.88 Å². The summed E-state index contributed by atoms with van der Waals surface area (Å²) in [6, 6.07) is 3.67. The van der Waals surface area contributed by atoms with Crippen molar-refractivity contribution in [1.29, 1.82) is 0 Å². The first kappa shape index (κ1) is 19.1. The van der Waals surface area contributed by atoms with Crippen LogP contribution in [0.3, 0.4) is 0 Å². The van der Waals surface area contributed by atoms with E-state index >= 15 is 0 Å². The Morgan fingerprint density at radius 2 is 2.24 bits per heavy atom. The van der Waals surface area contributed by atoms with Crippen LogP contribution in [0.25, 0.3) is 5.82 Å². The number of rotatable bonds is 11. The molecule has 0 aliphatic rings. The van der Waals surface area contributed by atoms with Crippen LogP contribution in [0.4, 0.5) is 0 Å². The largest absolute Gasteiger partial charge is 0.473 e. The number of allylic oxidation sites excluding steroid dienone is 1. The van der Waals surface area contributed by atoms with Crippen LogP contribution in [0.15, 0.2) is 37.2 Å². The van der Waals surface area contributed by atoms with Crippen molar-refractivity contribution in [1.82, 2.24) is 24.6 Å². The summed E-state index contributed by atoms with van der Waals surface area (Å²) in [5.74, 6) is 1.91. The number of ether oxygens (including phenoxy) is 2. The molecule has 0 saturated carbocycles. The molecule has 0 amide bonds. The zero-order chi connectivity index (χ0) is 18.1. The van der Waals surface area contributed by atoms with Crippen LogP contribution >= 0.6 is 0 Å². The lowest BCUT2D eigenvalue weighted by Gasteiger charge is -2.24. The molecule has 1 atom stereocenters. The zero-order valence-corrected chi connectivity index (χ0v) is 15.3. The van der Waals surface area contributed by atoms with Gasteiger partial charge in [0, 0.05) is 38.7 Å². The van der Waals surface area contributed by atoms with Gasteiger partial charge < -0.3 is 14.4 Å². The quantitative estimate of drug-likeness (QED) is 0.582. The van der Waals surface area contributed by atoms with Crippen LogP contribution in [0.1, 0.15) is 18.7 Å². The molecule has 0 aliphatic carbocycles. The highest BCUT2D eigenvalue weighted by atomic mass is 16.5. The highest BCUT2D eigenvalue weighted by Gasteiger charge is 2.15. The summed E-state index contributed by atoms with van der Waals surface area (Å²) in [5, 5.41) is 4.22. The Labute approximate surface area is 149 Å². The van der Waals surface area contributed by atoms with E-state index in [1.807, 2.05) is 31.3 Å². The molecule has 2 aromatic heterocycles. The Bertz CT molecular complexity index is 645. The van der Waals surface area contributed by atoms with Gasteiger partial charge in [0.05, 0.1) is 6.61 Å². The first-order valence-corrected chi connectivity index (χ1v) is 8.43. The number of aryl methyl sites for hydroxylation is 1. The van der Waals surface area contributed by atoms with Crippen molar-refractivity contribution in [3.05, 3.63) is 43.0 Å². The van der Waals surface area contributed by atoms with Crippen LogP contribution in [-0.4, -0.2) is 64.6 Å². The number of aromatic nitrogens is 4. The van der Waals surface area contributed by atoms with Crippen LogP contribution in [-0.2, 0) is 4.74 Å². The molecule has 0 unspecified atom stereocenters. The lowest BCUT2D eigenvalue weighted by atomic mass is 10.2. The van der Waals surface area contributed by atoms with Gasteiger partial charge in [0.15, 0.2) is 5.82 Å². The lowest BCUT2D eigenvalue weighted by Crippen LogP contribution is -2.35. The monoisotopic (exact) mass is 345 g/mol. The van der Waals surface area contributed by atoms with Crippen LogP contribution in [0.5, 0.6) is 5.88 Å². The summed E-state index contributed by atoms with van der Waals surface area (Å²) >= 11 is 0. The Balaban J connectivity index is 2.10. The Hall–Kier alpha value is -2.25. The molecule has 136 valence electrons.